The van der Waals surface area contributed by atoms with Gasteiger partial charge in [0.05, 0.1) is 0 Å². The molecule has 34 heavy (non-hydrogen) atoms. The maximum Gasteiger partial charge on any atom is 0.233 e. The Morgan fingerprint density at radius 3 is 0.618 bits per heavy atom. The van der Waals surface area contributed by atoms with E-state index in [2.05, 4.69) is 0 Å². The van der Waals surface area contributed by atoms with Crippen LogP contribution in [0.5, 0.6) is 0 Å². The second-order valence-corrected chi connectivity index (χ2v) is 6.78. The summed E-state index contributed by atoms with van der Waals surface area (Å²) >= 11 is 0. The van der Waals surface area contributed by atoms with Gasteiger partial charge in [-0.1, -0.05) is 121 Å². The van der Waals surface area contributed by atoms with Gasteiger partial charge < -0.3 is 0 Å². The lowest BCUT2D eigenvalue weighted by Gasteiger charge is -1.99. The summed E-state index contributed by atoms with van der Waals surface area (Å²) in [6.07, 6.45) is 0. The molecule has 0 fully saturated rings. The Hall–Kier alpha value is -4.52. The highest BCUT2D eigenvalue weighted by atomic mass is 17.0. The summed E-state index contributed by atoms with van der Waals surface area (Å²) in [6.45, 7) is 0. The normalized spacial score (nSPS) is 9.35. The molecule has 0 heterocycles. The molecule has 0 bridgehead atoms. The third kappa shape index (κ3) is 7.27. The van der Waals surface area contributed by atoms with E-state index in [9.17, 15) is 19.2 Å². The van der Waals surface area contributed by atoms with E-state index in [1.807, 2.05) is 24.3 Å². The van der Waals surface area contributed by atoms with Crippen LogP contribution in [0.2, 0.25) is 0 Å². The summed E-state index contributed by atoms with van der Waals surface area (Å²) in [5.41, 5.74) is 1.71. The Bertz CT molecular complexity index is 1010. The quantitative estimate of drug-likeness (QED) is 0.172. The number of hydrogen-bond donors (Lipinski definition) is 2. The number of rotatable bonds is 6. The van der Waals surface area contributed by atoms with E-state index < -0.39 is 23.1 Å². The average molecular weight is 454 g/mol. The summed E-state index contributed by atoms with van der Waals surface area (Å²) in [5.74, 6) is -1.86. The summed E-state index contributed by atoms with van der Waals surface area (Å²) < 4.78 is 0. The maximum atomic E-state index is 11.8. The summed E-state index contributed by atoms with van der Waals surface area (Å²) in [7, 11) is 0. The van der Waals surface area contributed by atoms with Crippen molar-refractivity contribution in [2.75, 3.05) is 0 Å². The van der Waals surface area contributed by atoms with Crippen LogP contribution in [-0.4, -0.2) is 33.6 Å². The molecule has 170 valence electrons. The van der Waals surface area contributed by atoms with E-state index in [0.29, 0.717) is 22.3 Å². The zero-order valence-corrected chi connectivity index (χ0v) is 18.1. The van der Waals surface area contributed by atoms with Crippen molar-refractivity contribution in [3.05, 3.63) is 144 Å². The van der Waals surface area contributed by atoms with Crippen molar-refractivity contribution in [3.8, 4) is 0 Å². The van der Waals surface area contributed by atoms with Crippen molar-refractivity contribution < 1.29 is 29.7 Å². The largest absolute Gasteiger partial charge is 0.285 e. The van der Waals surface area contributed by atoms with Gasteiger partial charge >= 0.3 is 0 Å². The first-order chi connectivity index (χ1) is 16.6. The molecular formula is C28H22O6. The molecule has 0 aliphatic heterocycles. The molecule has 0 aliphatic carbocycles. The molecule has 0 aliphatic rings. The van der Waals surface area contributed by atoms with Gasteiger partial charge in [0.2, 0.25) is 23.1 Å². The minimum absolute atomic E-state index is 0.427. The Labute approximate surface area is 196 Å². The fraction of sp³-hybridized carbons (Fsp3) is 0. The number of carbonyl (C=O) groups excluding carboxylic acids is 4. The predicted molar refractivity (Wildman–Crippen MR) is 128 cm³/mol. The van der Waals surface area contributed by atoms with Gasteiger partial charge in [0.15, 0.2) is 0 Å². The van der Waals surface area contributed by atoms with Gasteiger partial charge in [0.25, 0.3) is 0 Å². The maximum absolute atomic E-state index is 11.8. The molecule has 0 saturated heterocycles. The standard InChI is InChI=1S/2C14H10O2.H2O2/c2*15-13(11-7-3-1-4-8-11)14(16)12-9-5-2-6-10-12;1-2/h2*1-10H;1-2H. The molecule has 0 saturated carbocycles. The SMILES string of the molecule is O=C(C(=O)c1ccccc1)c1ccccc1.O=C(C(=O)c1ccccc1)c1ccccc1.OO. The molecule has 4 rings (SSSR count). The van der Waals surface area contributed by atoms with Gasteiger partial charge in [0.1, 0.15) is 0 Å². The lowest BCUT2D eigenvalue weighted by atomic mass is 10.0. The summed E-state index contributed by atoms with van der Waals surface area (Å²) in [4.78, 5) is 47.2. The minimum Gasteiger partial charge on any atom is -0.285 e. The average Bonchev–Trinajstić information content (AvgIpc) is 2.94. The minimum atomic E-state index is -0.466. The fourth-order valence-corrected chi connectivity index (χ4v) is 2.88. The highest BCUT2D eigenvalue weighted by Gasteiger charge is 2.18. The molecule has 0 amide bonds. The Kier molecular flexibility index (Phi) is 10.4. The van der Waals surface area contributed by atoms with Crippen molar-refractivity contribution >= 4 is 23.1 Å². The monoisotopic (exact) mass is 454 g/mol. The Balaban J connectivity index is 0.000000224. The highest BCUT2D eigenvalue weighted by molar-refractivity contribution is 6.49. The second-order valence-electron chi connectivity index (χ2n) is 6.78. The van der Waals surface area contributed by atoms with Crippen molar-refractivity contribution in [2.45, 2.75) is 0 Å². The zero-order valence-electron chi connectivity index (χ0n) is 18.1. The van der Waals surface area contributed by atoms with E-state index in [-0.39, 0.29) is 0 Å². The van der Waals surface area contributed by atoms with Gasteiger partial charge in [-0.05, 0) is 0 Å². The number of Topliss-reactive ketones (excluding diaryl/α,β-unsaturated/α-hetero) is 4. The first kappa shape index (κ1) is 25.7. The predicted octanol–water partition coefficient (Wildman–Crippen LogP) is 5.52. The molecule has 0 atom stereocenters. The van der Waals surface area contributed by atoms with Gasteiger partial charge in [-0.2, -0.15) is 0 Å². The van der Waals surface area contributed by atoms with E-state index >= 15 is 0 Å². The molecule has 4 aromatic carbocycles. The van der Waals surface area contributed by atoms with E-state index in [1.54, 1.807) is 97.1 Å². The van der Waals surface area contributed by atoms with Crippen LogP contribution >= 0.6 is 0 Å². The van der Waals surface area contributed by atoms with E-state index in [4.69, 9.17) is 10.5 Å². The second kappa shape index (κ2) is 13.8. The topological polar surface area (TPSA) is 109 Å². The molecule has 6 nitrogen and oxygen atoms in total. The van der Waals surface area contributed by atoms with Crippen LogP contribution in [0.15, 0.2) is 121 Å². The molecule has 4 aromatic rings. The smallest absolute Gasteiger partial charge is 0.233 e. The van der Waals surface area contributed by atoms with Gasteiger partial charge in [0, 0.05) is 22.3 Å². The van der Waals surface area contributed by atoms with Gasteiger partial charge in [-0.25, -0.2) is 0 Å². The van der Waals surface area contributed by atoms with Crippen LogP contribution in [0, 0.1) is 0 Å². The van der Waals surface area contributed by atoms with Crippen LogP contribution in [0.4, 0.5) is 0 Å². The molecule has 0 aromatic heterocycles. The molecule has 2 N–H and O–H groups in total. The van der Waals surface area contributed by atoms with Crippen LogP contribution in [0.25, 0.3) is 0 Å². The van der Waals surface area contributed by atoms with Crippen molar-refractivity contribution in [3.63, 3.8) is 0 Å². The highest BCUT2D eigenvalue weighted by Crippen LogP contribution is 2.08. The van der Waals surface area contributed by atoms with Crippen LogP contribution in [-0.2, 0) is 0 Å². The Morgan fingerprint density at radius 1 is 0.324 bits per heavy atom. The lowest BCUT2D eigenvalue weighted by Crippen LogP contribution is -2.14. The zero-order chi connectivity index (χ0) is 24.8. The molecule has 6 heteroatoms. The van der Waals surface area contributed by atoms with Gasteiger partial charge in [-0.3, -0.25) is 29.7 Å². The lowest BCUT2D eigenvalue weighted by molar-refractivity contribution is -0.176. The van der Waals surface area contributed by atoms with Crippen LogP contribution in [0.3, 0.4) is 0 Å². The number of carbonyl (C=O) groups is 4. The third-order valence-electron chi connectivity index (χ3n) is 4.56. The first-order valence-corrected chi connectivity index (χ1v) is 10.2. The summed E-state index contributed by atoms with van der Waals surface area (Å²) in [6, 6.07) is 34.3. The van der Waals surface area contributed by atoms with Crippen LogP contribution < -0.4 is 0 Å². The number of ketones is 4. The first-order valence-electron chi connectivity index (χ1n) is 10.2. The van der Waals surface area contributed by atoms with Crippen LogP contribution in [0.1, 0.15) is 41.4 Å². The summed E-state index contributed by atoms with van der Waals surface area (Å²) in [5, 5.41) is 12.0. The fourth-order valence-electron chi connectivity index (χ4n) is 2.88. The molecular weight excluding hydrogens is 432 g/mol. The molecule has 0 radical (unpaired) electrons. The number of hydrogen-bond acceptors (Lipinski definition) is 6. The van der Waals surface area contributed by atoms with E-state index in [1.165, 1.54) is 0 Å². The van der Waals surface area contributed by atoms with Gasteiger partial charge in [-0.15, -0.1) is 0 Å². The number of benzene rings is 4. The third-order valence-corrected chi connectivity index (χ3v) is 4.56. The van der Waals surface area contributed by atoms with Crippen molar-refractivity contribution in [1.82, 2.24) is 0 Å². The van der Waals surface area contributed by atoms with E-state index in [0.717, 1.165) is 0 Å². The van der Waals surface area contributed by atoms with Crippen molar-refractivity contribution in [2.24, 2.45) is 0 Å². The Morgan fingerprint density at radius 2 is 0.471 bits per heavy atom. The molecule has 0 unspecified atom stereocenters. The van der Waals surface area contributed by atoms with Crippen molar-refractivity contribution in [1.29, 1.82) is 0 Å². The molecule has 0 spiro atoms.